The first-order valence-corrected chi connectivity index (χ1v) is 6.61. The van der Waals surface area contributed by atoms with E-state index in [2.05, 4.69) is 5.32 Å². The Kier molecular flexibility index (Phi) is 3.95. The van der Waals surface area contributed by atoms with Gasteiger partial charge in [-0.2, -0.15) is 0 Å². The van der Waals surface area contributed by atoms with Gasteiger partial charge in [-0.1, -0.05) is 18.2 Å². The molecular weight excluding hydrogens is 198 g/mol. The Morgan fingerprint density at radius 3 is 2.43 bits per heavy atom. The van der Waals surface area contributed by atoms with Gasteiger partial charge >= 0.3 is 0 Å². The molecule has 0 bridgehead atoms. The van der Waals surface area contributed by atoms with Crippen molar-refractivity contribution in [2.24, 2.45) is 0 Å². The van der Waals surface area contributed by atoms with Crippen LogP contribution in [0, 0.1) is 0 Å². The van der Waals surface area contributed by atoms with Gasteiger partial charge in [-0.3, -0.25) is 0 Å². The molecule has 0 heterocycles. The molecule has 0 radical (unpaired) electrons. The van der Waals surface area contributed by atoms with Crippen LogP contribution in [0.15, 0.2) is 30.3 Å². The lowest BCUT2D eigenvalue weighted by Crippen LogP contribution is -2.09. The van der Waals surface area contributed by atoms with E-state index in [-0.39, 0.29) is 5.75 Å². The lowest BCUT2D eigenvalue weighted by Gasteiger charge is -2.04. The Morgan fingerprint density at radius 1 is 1.21 bits per heavy atom. The summed E-state index contributed by atoms with van der Waals surface area (Å²) in [6.07, 6.45) is 1.91. The van der Waals surface area contributed by atoms with Crippen molar-refractivity contribution in [1.82, 2.24) is 0 Å². The van der Waals surface area contributed by atoms with Crippen LogP contribution in [0.2, 0.25) is 0 Å². The van der Waals surface area contributed by atoms with Gasteiger partial charge in [-0.25, -0.2) is 8.42 Å². The molecule has 0 saturated carbocycles. The Hall–Kier alpha value is -1.03. The van der Waals surface area contributed by atoms with E-state index in [1.807, 2.05) is 30.3 Å². The maximum Gasteiger partial charge on any atom is 0.147 e. The Labute approximate surface area is 85.1 Å². The highest BCUT2D eigenvalue weighted by Crippen LogP contribution is 2.04. The first kappa shape index (κ1) is 11.0. The number of hydrogen-bond donors (Lipinski definition) is 1. The molecule has 78 valence electrons. The summed E-state index contributed by atoms with van der Waals surface area (Å²) in [6, 6.07) is 9.75. The largest absolute Gasteiger partial charge is 0.385 e. The fraction of sp³-hybridized carbons (Fsp3) is 0.400. The predicted molar refractivity (Wildman–Crippen MR) is 59.3 cm³/mol. The second kappa shape index (κ2) is 5.00. The zero-order valence-electron chi connectivity index (χ0n) is 8.23. The molecule has 0 amide bonds. The molecule has 14 heavy (non-hydrogen) atoms. The first-order valence-electron chi connectivity index (χ1n) is 4.54. The van der Waals surface area contributed by atoms with Crippen LogP contribution in [-0.2, 0) is 9.84 Å². The normalized spacial score (nSPS) is 11.2. The van der Waals surface area contributed by atoms with Crippen molar-refractivity contribution < 1.29 is 8.42 Å². The van der Waals surface area contributed by atoms with E-state index in [9.17, 15) is 8.42 Å². The number of nitrogens with one attached hydrogen (secondary N) is 1. The fourth-order valence-corrected chi connectivity index (χ4v) is 1.79. The van der Waals surface area contributed by atoms with Gasteiger partial charge in [-0.05, 0) is 18.6 Å². The minimum atomic E-state index is -2.82. The van der Waals surface area contributed by atoms with Crippen molar-refractivity contribution in [3.63, 3.8) is 0 Å². The number of para-hydroxylation sites is 1. The van der Waals surface area contributed by atoms with Crippen molar-refractivity contribution in [2.45, 2.75) is 6.42 Å². The quantitative estimate of drug-likeness (QED) is 0.755. The Balaban J connectivity index is 2.23. The third kappa shape index (κ3) is 4.87. The van der Waals surface area contributed by atoms with E-state index < -0.39 is 9.84 Å². The van der Waals surface area contributed by atoms with Crippen molar-refractivity contribution in [1.29, 1.82) is 0 Å². The maximum absolute atomic E-state index is 10.8. The third-order valence-corrected chi connectivity index (χ3v) is 2.83. The molecule has 1 aromatic rings. The van der Waals surface area contributed by atoms with E-state index in [1.165, 1.54) is 6.26 Å². The van der Waals surface area contributed by atoms with Crippen molar-refractivity contribution in [3.8, 4) is 0 Å². The molecule has 0 aromatic heterocycles. The van der Waals surface area contributed by atoms with Crippen LogP contribution in [0.5, 0.6) is 0 Å². The summed E-state index contributed by atoms with van der Waals surface area (Å²) in [6.45, 7) is 0.692. The topological polar surface area (TPSA) is 46.2 Å². The summed E-state index contributed by atoms with van der Waals surface area (Å²) >= 11 is 0. The molecule has 0 unspecified atom stereocenters. The van der Waals surface area contributed by atoms with E-state index in [0.717, 1.165) is 5.69 Å². The van der Waals surface area contributed by atoms with Gasteiger partial charge in [0.05, 0.1) is 5.75 Å². The maximum atomic E-state index is 10.8. The summed E-state index contributed by atoms with van der Waals surface area (Å²) < 4.78 is 21.6. The fourth-order valence-electron chi connectivity index (χ4n) is 1.12. The van der Waals surface area contributed by atoms with Crippen LogP contribution in [0.1, 0.15) is 6.42 Å². The van der Waals surface area contributed by atoms with Gasteiger partial charge in [0.25, 0.3) is 0 Å². The van der Waals surface area contributed by atoms with Crippen LogP contribution in [-0.4, -0.2) is 27.0 Å². The summed E-state index contributed by atoms with van der Waals surface area (Å²) in [5.74, 6) is 0.243. The third-order valence-electron chi connectivity index (χ3n) is 1.79. The lowest BCUT2D eigenvalue weighted by atomic mass is 10.3. The second-order valence-corrected chi connectivity index (χ2v) is 5.54. The predicted octanol–water partition coefficient (Wildman–Crippen LogP) is 1.53. The molecule has 0 fully saturated rings. The van der Waals surface area contributed by atoms with Crippen LogP contribution in [0.3, 0.4) is 0 Å². The van der Waals surface area contributed by atoms with Crippen molar-refractivity contribution >= 4 is 15.5 Å². The number of benzene rings is 1. The van der Waals surface area contributed by atoms with E-state index in [1.54, 1.807) is 0 Å². The lowest BCUT2D eigenvalue weighted by molar-refractivity contribution is 0.600. The average Bonchev–Trinajstić information content (AvgIpc) is 2.13. The molecule has 0 spiro atoms. The van der Waals surface area contributed by atoms with Gasteiger partial charge in [-0.15, -0.1) is 0 Å². The second-order valence-electron chi connectivity index (χ2n) is 3.28. The van der Waals surface area contributed by atoms with Crippen LogP contribution in [0.25, 0.3) is 0 Å². The Morgan fingerprint density at radius 2 is 1.86 bits per heavy atom. The molecule has 0 aliphatic heterocycles. The van der Waals surface area contributed by atoms with E-state index in [4.69, 9.17) is 0 Å². The first-order chi connectivity index (χ1) is 6.58. The zero-order chi connectivity index (χ0) is 10.4. The molecule has 0 atom stereocenters. The highest BCUT2D eigenvalue weighted by atomic mass is 32.2. The molecule has 1 aromatic carbocycles. The molecule has 3 nitrogen and oxygen atoms in total. The summed E-state index contributed by atoms with van der Waals surface area (Å²) in [5, 5.41) is 3.15. The Bertz CT molecular complexity index is 359. The summed E-state index contributed by atoms with van der Waals surface area (Å²) in [4.78, 5) is 0. The zero-order valence-corrected chi connectivity index (χ0v) is 9.05. The number of rotatable bonds is 5. The van der Waals surface area contributed by atoms with Crippen LogP contribution < -0.4 is 5.32 Å². The van der Waals surface area contributed by atoms with Crippen molar-refractivity contribution in [2.75, 3.05) is 23.9 Å². The molecule has 0 aliphatic rings. The van der Waals surface area contributed by atoms with E-state index in [0.29, 0.717) is 13.0 Å². The molecule has 1 rings (SSSR count). The smallest absolute Gasteiger partial charge is 0.147 e. The van der Waals surface area contributed by atoms with Crippen LogP contribution >= 0.6 is 0 Å². The number of sulfone groups is 1. The average molecular weight is 213 g/mol. The van der Waals surface area contributed by atoms with Crippen molar-refractivity contribution in [3.05, 3.63) is 30.3 Å². The van der Waals surface area contributed by atoms with Gasteiger partial charge in [0.2, 0.25) is 0 Å². The van der Waals surface area contributed by atoms with Gasteiger partial charge < -0.3 is 5.32 Å². The summed E-state index contributed by atoms with van der Waals surface area (Å²) in [7, 11) is -2.82. The van der Waals surface area contributed by atoms with E-state index >= 15 is 0 Å². The highest BCUT2D eigenvalue weighted by Gasteiger charge is 2.00. The highest BCUT2D eigenvalue weighted by molar-refractivity contribution is 7.90. The number of hydrogen-bond acceptors (Lipinski definition) is 3. The minimum Gasteiger partial charge on any atom is -0.385 e. The SMILES string of the molecule is CS(=O)(=O)CCCNc1ccccc1. The molecule has 1 N–H and O–H groups in total. The number of anilines is 1. The van der Waals surface area contributed by atoms with Gasteiger partial charge in [0.15, 0.2) is 0 Å². The molecule has 0 aliphatic carbocycles. The molecule has 0 saturated heterocycles. The van der Waals surface area contributed by atoms with Gasteiger partial charge in [0, 0.05) is 18.5 Å². The molecule has 4 heteroatoms. The van der Waals surface area contributed by atoms with Crippen LogP contribution in [0.4, 0.5) is 5.69 Å². The monoisotopic (exact) mass is 213 g/mol. The van der Waals surface area contributed by atoms with Gasteiger partial charge in [0.1, 0.15) is 9.84 Å². The summed E-state index contributed by atoms with van der Waals surface area (Å²) in [5.41, 5.74) is 1.03. The standard InChI is InChI=1S/C10H15NO2S/c1-14(12,13)9-5-8-11-10-6-3-2-4-7-10/h2-4,6-7,11H,5,8-9H2,1H3. The molecular formula is C10H15NO2S. The minimum absolute atomic E-state index is 0.243.